The van der Waals surface area contributed by atoms with Gasteiger partial charge in [0, 0.05) is 18.9 Å². The van der Waals surface area contributed by atoms with Crippen molar-refractivity contribution >= 4 is 39.9 Å². The number of nitrogens with zero attached hydrogens (tertiary/aromatic N) is 2. The maximum absolute atomic E-state index is 12.6. The number of rotatable bonds is 4. The predicted octanol–water partition coefficient (Wildman–Crippen LogP) is 3.61. The van der Waals surface area contributed by atoms with Crippen molar-refractivity contribution in [3.8, 4) is 0 Å². The van der Waals surface area contributed by atoms with Gasteiger partial charge in [0.15, 0.2) is 5.69 Å². The lowest BCUT2D eigenvalue weighted by atomic mass is 10.1. The molecule has 1 N–H and O–H groups in total. The zero-order valence-electron chi connectivity index (χ0n) is 13.3. The first-order valence-electron chi connectivity index (χ1n) is 7.46. The summed E-state index contributed by atoms with van der Waals surface area (Å²) in [4.78, 5) is 23.7. The van der Waals surface area contributed by atoms with Gasteiger partial charge in [-0.15, -0.1) is 0 Å². The molecule has 122 valence electrons. The van der Waals surface area contributed by atoms with Gasteiger partial charge in [-0.2, -0.15) is 5.10 Å². The summed E-state index contributed by atoms with van der Waals surface area (Å²) < 4.78 is 1.67. The van der Waals surface area contributed by atoms with E-state index in [0.717, 1.165) is 16.5 Å². The molecule has 1 aromatic heterocycles. The van der Waals surface area contributed by atoms with E-state index in [1.807, 2.05) is 24.3 Å². The maximum Gasteiger partial charge on any atom is 0.276 e. The second-order valence-corrected chi connectivity index (χ2v) is 6.04. The Labute approximate surface area is 144 Å². The molecular weight excluding hydrogens is 326 g/mol. The zero-order valence-corrected chi connectivity index (χ0v) is 14.1. The number of amides is 1. The molecular formula is C18H16ClN3O2. The Morgan fingerprint density at radius 3 is 2.67 bits per heavy atom. The number of Topliss-reactive ketones (excluding diaryl/α,β-unsaturated/α-hetero) is 1. The van der Waals surface area contributed by atoms with Crippen molar-refractivity contribution in [3.63, 3.8) is 0 Å². The van der Waals surface area contributed by atoms with E-state index in [4.69, 9.17) is 11.6 Å². The third-order valence-corrected chi connectivity index (χ3v) is 4.02. The van der Waals surface area contributed by atoms with E-state index in [9.17, 15) is 9.59 Å². The Bertz CT molecular complexity index is 947. The quantitative estimate of drug-likeness (QED) is 0.788. The zero-order chi connectivity index (χ0) is 17.3. The summed E-state index contributed by atoms with van der Waals surface area (Å²) >= 11 is 6.22. The number of nitrogens with one attached hydrogen (secondary N) is 1. The lowest BCUT2D eigenvalue weighted by Crippen LogP contribution is -2.14. The molecule has 0 saturated heterocycles. The fourth-order valence-electron chi connectivity index (χ4n) is 2.62. The molecule has 1 amide bonds. The van der Waals surface area contributed by atoms with Crippen molar-refractivity contribution in [1.82, 2.24) is 9.78 Å². The number of fused-ring (bicyclic) bond motifs is 1. The number of aryl methyl sites for hydroxylation is 1. The van der Waals surface area contributed by atoms with Crippen LogP contribution in [0.15, 0.2) is 42.5 Å². The van der Waals surface area contributed by atoms with Crippen LogP contribution in [0.2, 0.25) is 5.02 Å². The van der Waals surface area contributed by atoms with Crippen LogP contribution in [-0.2, 0) is 18.3 Å². The van der Waals surface area contributed by atoms with Crippen molar-refractivity contribution in [2.24, 2.45) is 7.05 Å². The molecule has 0 bridgehead atoms. The number of benzene rings is 2. The standard InChI is InChI=1S/C18H16ClN3O2/c1-11(23)9-12-7-8-15(14(19)10-12)20-18(24)17-13-5-3-4-6-16(13)22(2)21-17/h3-8,10H,9H2,1-2H3,(H,20,24). The predicted molar refractivity (Wildman–Crippen MR) is 94.5 cm³/mol. The monoisotopic (exact) mass is 341 g/mol. The maximum atomic E-state index is 12.6. The van der Waals surface area contributed by atoms with E-state index in [0.29, 0.717) is 22.8 Å². The average Bonchev–Trinajstić information content (AvgIpc) is 2.87. The van der Waals surface area contributed by atoms with Crippen LogP contribution in [0.3, 0.4) is 0 Å². The van der Waals surface area contributed by atoms with Crippen LogP contribution in [0.5, 0.6) is 0 Å². The Hall–Kier alpha value is -2.66. The lowest BCUT2D eigenvalue weighted by Gasteiger charge is -2.08. The van der Waals surface area contributed by atoms with Crippen LogP contribution < -0.4 is 5.32 Å². The molecule has 0 spiro atoms. The van der Waals surface area contributed by atoms with E-state index < -0.39 is 0 Å². The summed E-state index contributed by atoms with van der Waals surface area (Å²) in [6, 6.07) is 12.7. The minimum atomic E-state index is -0.326. The number of hydrogen-bond donors (Lipinski definition) is 1. The van der Waals surface area contributed by atoms with Gasteiger partial charge < -0.3 is 5.32 Å². The molecule has 0 aliphatic heterocycles. The molecule has 0 atom stereocenters. The largest absolute Gasteiger partial charge is 0.319 e. The molecule has 0 aliphatic carbocycles. The summed E-state index contributed by atoms with van der Waals surface area (Å²) in [7, 11) is 1.79. The first-order valence-corrected chi connectivity index (χ1v) is 7.84. The number of aromatic nitrogens is 2. The highest BCUT2D eigenvalue weighted by Gasteiger charge is 2.17. The van der Waals surface area contributed by atoms with Crippen LogP contribution in [0.4, 0.5) is 5.69 Å². The number of hydrogen-bond acceptors (Lipinski definition) is 3. The van der Waals surface area contributed by atoms with Gasteiger partial charge in [-0.3, -0.25) is 14.3 Å². The molecule has 6 heteroatoms. The molecule has 3 aromatic rings. The third-order valence-electron chi connectivity index (χ3n) is 3.71. The first kappa shape index (κ1) is 16.2. The second kappa shape index (κ2) is 6.45. The molecule has 0 aliphatic rings. The first-order chi connectivity index (χ1) is 11.5. The highest BCUT2D eigenvalue weighted by molar-refractivity contribution is 6.34. The van der Waals surface area contributed by atoms with Gasteiger partial charge in [0.2, 0.25) is 0 Å². The molecule has 5 nitrogen and oxygen atoms in total. The van der Waals surface area contributed by atoms with Gasteiger partial charge >= 0.3 is 0 Å². The summed E-state index contributed by atoms with van der Waals surface area (Å²) in [5.74, 6) is -0.268. The van der Waals surface area contributed by atoms with E-state index >= 15 is 0 Å². The highest BCUT2D eigenvalue weighted by atomic mass is 35.5. The second-order valence-electron chi connectivity index (χ2n) is 5.64. The number of ketones is 1. The van der Waals surface area contributed by atoms with Crippen molar-refractivity contribution < 1.29 is 9.59 Å². The lowest BCUT2D eigenvalue weighted by molar-refractivity contribution is -0.116. The Morgan fingerprint density at radius 2 is 1.96 bits per heavy atom. The van der Waals surface area contributed by atoms with E-state index in [2.05, 4.69) is 10.4 Å². The molecule has 24 heavy (non-hydrogen) atoms. The third kappa shape index (κ3) is 3.16. The topological polar surface area (TPSA) is 64.0 Å². The van der Waals surface area contributed by atoms with Crippen LogP contribution in [0.1, 0.15) is 23.0 Å². The number of carbonyl (C=O) groups excluding carboxylic acids is 2. The molecule has 3 rings (SSSR count). The fraction of sp³-hybridized carbons (Fsp3) is 0.167. The molecule has 0 unspecified atom stereocenters. The van der Waals surface area contributed by atoms with Crippen LogP contribution in [0.25, 0.3) is 10.9 Å². The summed E-state index contributed by atoms with van der Waals surface area (Å²) in [6.07, 6.45) is 0.318. The fourth-order valence-corrected chi connectivity index (χ4v) is 2.87. The van der Waals surface area contributed by atoms with Crippen LogP contribution in [0, 0.1) is 0 Å². The molecule has 0 fully saturated rings. The molecule has 2 aromatic carbocycles. The average molecular weight is 342 g/mol. The van der Waals surface area contributed by atoms with Crippen molar-refractivity contribution in [2.45, 2.75) is 13.3 Å². The van der Waals surface area contributed by atoms with Crippen LogP contribution >= 0.6 is 11.6 Å². The number of para-hydroxylation sites is 1. The highest BCUT2D eigenvalue weighted by Crippen LogP contribution is 2.25. The number of anilines is 1. The van der Waals surface area contributed by atoms with E-state index in [-0.39, 0.29) is 11.7 Å². The van der Waals surface area contributed by atoms with Crippen molar-refractivity contribution in [3.05, 3.63) is 58.7 Å². The molecule has 1 heterocycles. The SMILES string of the molecule is CC(=O)Cc1ccc(NC(=O)c2nn(C)c3ccccc23)c(Cl)c1. The summed E-state index contributed by atoms with van der Waals surface area (Å²) in [6.45, 7) is 1.52. The number of halogens is 1. The number of carbonyl (C=O) groups is 2. The van der Waals surface area contributed by atoms with Gasteiger partial charge in [-0.25, -0.2) is 0 Å². The molecule has 0 saturated carbocycles. The van der Waals surface area contributed by atoms with Gasteiger partial charge in [0.25, 0.3) is 5.91 Å². The normalized spacial score (nSPS) is 10.8. The van der Waals surface area contributed by atoms with Crippen molar-refractivity contribution in [2.75, 3.05) is 5.32 Å². The molecule has 0 radical (unpaired) electrons. The Balaban J connectivity index is 1.88. The van der Waals surface area contributed by atoms with Gasteiger partial charge in [-0.05, 0) is 30.7 Å². The Kier molecular flexibility index (Phi) is 4.36. The Morgan fingerprint density at radius 1 is 1.21 bits per heavy atom. The van der Waals surface area contributed by atoms with Gasteiger partial charge in [0.05, 0.1) is 16.2 Å². The smallest absolute Gasteiger partial charge is 0.276 e. The summed E-state index contributed by atoms with van der Waals surface area (Å²) in [5, 5.41) is 8.24. The van der Waals surface area contributed by atoms with Gasteiger partial charge in [0.1, 0.15) is 5.78 Å². The van der Waals surface area contributed by atoms with Crippen LogP contribution in [-0.4, -0.2) is 21.5 Å². The van der Waals surface area contributed by atoms with Crippen molar-refractivity contribution in [1.29, 1.82) is 0 Å². The van der Waals surface area contributed by atoms with E-state index in [1.165, 1.54) is 6.92 Å². The van der Waals surface area contributed by atoms with E-state index in [1.54, 1.807) is 29.9 Å². The van der Waals surface area contributed by atoms with Gasteiger partial charge in [-0.1, -0.05) is 35.9 Å². The minimum absolute atomic E-state index is 0.0582. The minimum Gasteiger partial charge on any atom is -0.319 e. The summed E-state index contributed by atoms with van der Waals surface area (Å²) in [5.41, 5.74) is 2.53.